The number of fused-ring (bicyclic) bond motifs is 2. The molecule has 2 aromatic rings. The molecule has 0 radical (unpaired) electrons. The van der Waals surface area contributed by atoms with Crippen molar-refractivity contribution in [2.45, 2.75) is 26.3 Å². The standard InChI is InChI=1S/C17H21N3O2/c1-9-5-4-6-10-14(9)22-20-15(10)17(2,3)19-16(21)13-11-7-18-8-12(11)13/h4-6,11-13,18H,7-8H2,1-3H3,(H,19,21)/t11-,12?,13?/m0/s1. The van der Waals surface area contributed by atoms with Crippen LogP contribution in [-0.4, -0.2) is 24.2 Å². The maximum absolute atomic E-state index is 12.5. The number of aromatic nitrogens is 1. The first-order chi connectivity index (χ1) is 10.5. The molecular weight excluding hydrogens is 278 g/mol. The Morgan fingerprint density at radius 3 is 2.82 bits per heavy atom. The second-order valence-corrected chi connectivity index (χ2v) is 7.11. The number of rotatable bonds is 3. The lowest BCUT2D eigenvalue weighted by atomic mass is 9.96. The van der Waals surface area contributed by atoms with Crippen molar-refractivity contribution >= 4 is 16.9 Å². The lowest BCUT2D eigenvalue weighted by molar-refractivity contribution is -0.124. The highest BCUT2D eigenvalue weighted by atomic mass is 16.5. The molecule has 0 bridgehead atoms. The third kappa shape index (κ3) is 1.96. The molecule has 22 heavy (non-hydrogen) atoms. The van der Waals surface area contributed by atoms with Gasteiger partial charge in [0, 0.05) is 11.3 Å². The van der Waals surface area contributed by atoms with E-state index in [0.29, 0.717) is 11.8 Å². The molecule has 1 aliphatic carbocycles. The van der Waals surface area contributed by atoms with E-state index in [4.69, 9.17) is 4.52 Å². The van der Waals surface area contributed by atoms with Crippen molar-refractivity contribution in [3.05, 3.63) is 29.5 Å². The molecule has 2 heterocycles. The van der Waals surface area contributed by atoms with E-state index in [0.717, 1.165) is 35.3 Å². The van der Waals surface area contributed by atoms with Gasteiger partial charge in [-0.15, -0.1) is 0 Å². The predicted octanol–water partition coefficient (Wildman–Crippen LogP) is 1.95. The maximum Gasteiger partial charge on any atom is 0.224 e. The van der Waals surface area contributed by atoms with Crippen molar-refractivity contribution in [3.8, 4) is 0 Å². The van der Waals surface area contributed by atoms with Crippen molar-refractivity contribution in [2.75, 3.05) is 13.1 Å². The molecule has 3 atom stereocenters. The number of hydrogen-bond acceptors (Lipinski definition) is 4. The molecule has 1 saturated carbocycles. The summed E-state index contributed by atoms with van der Waals surface area (Å²) >= 11 is 0. The van der Waals surface area contributed by atoms with E-state index < -0.39 is 5.54 Å². The summed E-state index contributed by atoms with van der Waals surface area (Å²) in [6.07, 6.45) is 0. The first-order valence-corrected chi connectivity index (χ1v) is 7.87. The third-order valence-electron chi connectivity index (χ3n) is 5.12. The van der Waals surface area contributed by atoms with Gasteiger partial charge in [-0.2, -0.15) is 0 Å². The number of benzene rings is 1. The van der Waals surface area contributed by atoms with Crippen molar-refractivity contribution in [3.63, 3.8) is 0 Å². The van der Waals surface area contributed by atoms with Gasteiger partial charge in [0.05, 0.1) is 5.54 Å². The molecule has 1 aromatic heterocycles. The number of aryl methyl sites for hydroxylation is 1. The summed E-state index contributed by atoms with van der Waals surface area (Å²) in [5.74, 6) is 1.35. The quantitative estimate of drug-likeness (QED) is 0.909. The predicted molar refractivity (Wildman–Crippen MR) is 83.3 cm³/mol. The van der Waals surface area contributed by atoms with E-state index in [1.165, 1.54) is 0 Å². The van der Waals surface area contributed by atoms with Gasteiger partial charge in [0.15, 0.2) is 5.58 Å². The zero-order valence-electron chi connectivity index (χ0n) is 13.1. The fourth-order valence-electron chi connectivity index (χ4n) is 3.81. The van der Waals surface area contributed by atoms with Gasteiger partial charge >= 0.3 is 0 Å². The fraction of sp³-hybridized carbons (Fsp3) is 0.529. The molecule has 5 heteroatoms. The monoisotopic (exact) mass is 299 g/mol. The van der Waals surface area contributed by atoms with Crippen LogP contribution in [0.3, 0.4) is 0 Å². The summed E-state index contributed by atoms with van der Waals surface area (Å²) in [5.41, 5.74) is 2.11. The van der Waals surface area contributed by atoms with Gasteiger partial charge in [0.25, 0.3) is 0 Å². The summed E-state index contributed by atoms with van der Waals surface area (Å²) < 4.78 is 5.49. The topological polar surface area (TPSA) is 67.2 Å². The number of nitrogens with one attached hydrogen (secondary N) is 2. The number of carbonyl (C=O) groups excluding carboxylic acids is 1. The van der Waals surface area contributed by atoms with Crippen LogP contribution < -0.4 is 10.6 Å². The number of amides is 1. The van der Waals surface area contributed by atoms with Gasteiger partial charge in [-0.25, -0.2) is 0 Å². The Morgan fingerprint density at radius 1 is 1.36 bits per heavy atom. The zero-order valence-corrected chi connectivity index (χ0v) is 13.1. The largest absolute Gasteiger partial charge is 0.356 e. The minimum atomic E-state index is -0.541. The summed E-state index contributed by atoms with van der Waals surface area (Å²) in [6.45, 7) is 7.91. The van der Waals surface area contributed by atoms with Crippen LogP contribution in [0.25, 0.3) is 11.0 Å². The molecule has 116 valence electrons. The first kappa shape index (κ1) is 13.8. The van der Waals surface area contributed by atoms with Crippen LogP contribution in [-0.2, 0) is 10.3 Å². The molecule has 4 rings (SSSR count). The van der Waals surface area contributed by atoms with Gasteiger partial charge in [-0.1, -0.05) is 17.3 Å². The molecule has 2 N–H and O–H groups in total. The highest BCUT2D eigenvalue weighted by Gasteiger charge is 2.57. The summed E-state index contributed by atoms with van der Waals surface area (Å²) in [5, 5.41) is 11.7. The highest BCUT2D eigenvalue weighted by molar-refractivity contribution is 5.86. The van der Waals surface area contributed by atoms with Crippen molar-refractivity contribution in [2.24, 2.45) is 17.8 Å². The van der Waals surface area contributed by atoms with Crippen LogP contribution >= 0.6 is 0 Å². The SMILES string of the molecule is Cc1cccc2c(C(C)(C)NC(=O)C3C4CNC[C@@H]43)noc12. The molecule has 1 aliphatic heterocycles. The number of carbonyl (C=O) groups is 1. The van der Waals surface area contributed by atoms with Crippen LogP contribution in [0.1, 0.15) is 25.1 Å². The molecule has 2 fully saturated rings. The Labute approximate surface area is 129 Å². The minimum absolute atomic E-state index is 0.144. The lowest BCUT2D eigenvalue weighted by Crippen LogP contribution is -2.43. The van der Waals surface area contributed by atoms with Gasteiger partial charge in [-0.05, 0) is 57.3 Å². The summed E-state index contributed by atoms with van der Waals surface area (Å²) in [7, 11) is 0. The Kier molecular flexibility index (Phi) is 2.85. The Morgan fingerprint density at radius 2 is 2.09 bits per heavy atom. The smallest absolute Gasteiger partial charge is 0.224 e. The normalized spacial score (nSPS) is 27.0. The van der Waals surface area contributed by atoms with Gasteiger partial charge in [0.2, 0.25) is 5.91 Å². The first-order valence-electron chi connectivity index (χ1n) is 7.87. The number of piperidine rings is 1. The van der Waals surface area contributed by atoms with Crippen LogP contribution in [0.4, 0.5) is 0 Å². The van der Waals surface area contributed by atoms with E-state index in [-0.39, 0.29) is 11.8 Å². The van der Waals surface area contributed by atoms with Crippen molar-refractivity contribution < 1.29 is 9.32 Å². The van der Waals surface area contributed by atoms with E-state index in [1.54, 1.807) is 0 Å². The van der Waals surface area contributed by atoms with Gasteiger partial charge < -0.3 is 15.2 Å². The van der Waals surface area contributed by atoms with Gasteiger partial charge in [0.1, 0.15) is 5.69 Å². The number of hydrogen-bond donors (Lipinski definition) is 2. The average Bonchev–Trinajstić information content (AvgIpc) is 2.85. The average molecular weight is 299 g/mol. The second kappa shape index (κ2) is 4.56. The Balaban J connectivity index is 1.59. The van der Waals surface area contributed by atoms with Crippen LogP contribution in [0.2, 0.25) is 0 Å². The molecule has 5 nitrogen and oxygen atoms in total. The van der Waals surface area contributed by atoms with Crippen LogP contribution in [0.15, 0.2) is 22.7 Å². The number of nitrogens with zero attached hydrogens (tertiary/aromatic N) is 1. The Bertz CT molecular complexity index is 739. The fourth-order valence-corrected chi connectivity index (χ4v) is 3.81. The summed E-state index contributed by atoms with van der Waals surface area (Å²) in [6, 6.07) is 5.99. The second-order valence-electron chi connectivity index (χ2n) is 7.11. The third-order valence-corrected chi connectivity index (χ3v) is 5.12. The van der Waals surface area contributed by atoms with Gasteiger partial charge in [-0.3, -0.25) is 4.79 Å². The van der Waals surface area contributed by atoms with E-state index in [2.05, 4.69) is 15.8 Å². The molecule has 0 spiro atoms. The van der Waals surface area contributed by atoms with Crippen molar-refractivity contribution in [1.82, 2.24) is 15.8 Å². The van der Waals surface area contributed by atoms with Crippen LogP contribution in [0.5, 0.6) is 0 Å². The summed E-state index contributed by atoms with van der Waals surface area (Å²) in [4.78, 5) is 12.5. The van der Waals surface area contributed by atoms with Crippen LogP contribution in [0, 0.1) is 24.7 Å². The lowest BCUT2D eigenvalue weighted by Gasteiger charge is -2.24. The van der Waals surface area contributed by atoms with Crippen molar-refractivity contribution in [1.29, 1.82) is 0 Å². The zero-order chi connectivity index (χ0) is 15.5. The van der Waals surface area contributed by atoms with E-state index in [9.17, 15) is 4.79 Å². The Hall–Kier alpha value is -1.88. The minimum Gasteiger partial charge on any atom is -0.356 e. The molecular formula is C17H21N3O2. The molecule has 2 aliphatic rings. The maximum atomic E-state index is 12.5. The molecule has 1 amide bonds. The molecule has 1 aromatic carbocycles. The van der Waals surface area contributed by atoms with E-state index >= 15 is 0 Å². The molecule has 2 unspecified atom stereocenters. The highest BCUT2D eigenvalue weighted by Crippen LogP contribution is 2.49. The molecule has 1 saturated heterocycles. The number of para-hydroxylation sites is 1. The van der Waals surface area contributed by atoms with E-state index in [1.807, 2.05) is 39.0 Å².